The van der Waals surface area contributed by atoms with Crippen LogP contribution < -0.4 is 4.90 Å². The van der Waals surface area contributed by atoms with Crippen molar-refractivity contribution in [1.29, 1.82) is 0 Å². The van der Waals surface area contributed by atoms with Crippen molar-refractivity contribution in [2.75, 3.05) is 72.4 Å². The monoisotopic (exact) mass is 759 g/mol. The number of anilines is 1. The van der Waals surface area contributed by atoms with Crippen LogP contribution in [0.3, 0.4) is 0 Å². The van der Waals surface area contributed by atoms with Crippen LogP contribution >= 0.6 is 0 Å². The summed E-state index contributed by atoms with van der Waals surface area (Å²) in [6, 6.07) is 7.97. The summed E-state index contributed by atoms with van der Waals surface area (Å²) in [5.74, 6) is 0.803. The minimum absolute atomic E-state index is 0.0430. The Balaban J connectivity index is 1.71. The van der Waals surface area contributed by atoms with Gasteiger partial charge < -0.3 is 38.4 Å². The van der Waals surface area contributed by atoms with Crippen LogP contribution in [0.2, 0.25) is 51.4 Å². The van der Waals surface area contributed by atoms with Crippen LogP contribution in [0.5, 0.6) is 0 Å². The second-order valence-corrected chi connectivity index (χ2v) is 27.3. The van der Waals surface area contributed by atoms with Gasteiger partial charge in [0.25, 0.3) is 0 Å². The van der Waals surface area contributed by atoms with E-state index in [0.717, 1.165) is 34.7 Å². The van der Waals surface area contributed by atoms with Gasteiger partial charge >= 0.3 is 0 Å². The predicted octanol–water partition coefficient (Wildman–Crippen LogP) is 5.96. The van der Waals surface area contributed by atoms with Gasteiger partial charge in [0.15, 0.2) is 11.4 Å². The molecule has 1 saturated carbocycles. The Morgan fingerprint density at radius 1 is 0.923 bits per heavy atom. The molecule has 1 fully saturated rings. The summed E-state index contributed by atoms with van der Waals surface area (Å²) >= 11 is 0. The van der Waals surface area contributed by atoms with Gasteiger partial charge in [-0.2, -0.15) is 9.61 Å². The van der Waals surface area contributed by atoms with Crippen LogP contribution in [0, 0.1) is 0 Å². The molecule has 1 N–H and O–H groups in total. The van der Waals surface area contributed by atoms with Crippen molar-refractivity contribution in [3.05, 3.63) is 42.0 Å². The maximum Gasteiger partial charge on any atom is 0.190 e. The van der Waals surface area contributed by atoms with Gasteiger partial charge in [-0.15, -0.1) is 0 Å². The number of carbonyl (C=O) groups is 1. The van der Waals surface area contributed by atoms with Crippen molar-refractivity contribution in [3.63, 3.8) is 0 Å². The van der Waals surface area contributed by atoms with E-state index < -0.39 is 21.7 Å². The molecule has 0 radical (unpaired) electrons. The lowest BCUT2D eigenvalue weighted by Gasteiger charge is -2.39. The summed E-state index contributed by atoms with van der Waals surface area (Å²) in [6.45, 7) is 16.7. The average Bonchev–Trinajstić information content (AvgIpc) is 3.54. The number of rotatable bonds is 23. The highest BCUT2D eigenvalue weighted by atomic mass is 28.3. The first kappa shape index (κ1) is 42.1. The highest BCUT2D eigenvalue weighted by molar-refractivity contribution is 6.76. The zero-order chi connectivity index (χ0) is 37.8. The van der Waals surface area contributed by atoms with E-state index in [1.54, 1.807) is 13.3 Å². The number of Topliss-reactive ketones (excluding diaryl/α,β-unsaturated/α-hetero) is 1. The number of aliphatic hydroxyl groups excluding tert-OH is 1. The Labute approximate surface area is 311 Å². The second-order valence-electron chi connectivity index (χ2n) is 16.1. The summed E-state index contributed by atoms with van der Waals surface area (Å²) in [5, 5.41) is 14.4. The van der Waals surface area contributed by atoms with Crippen LogP contribution in [0.15, 0.2) is 30.6 Å². The van der Waals surface area contributed by atoms with E-state index >= 15 is 0 Å². The van der Waals surface area contributed by atoms with E-state index in [9.17, 15) is 9.90 Å². The van der Waals surface area contributed by atoms with E-state index in [4.69, 9.17) is 38.5 Å². The summed E-state index contributed by atoms with van der Waals surface area (Å²) in [4.78, 5) is 25.3. The number of aliphatic hydroxyl groups is 1. The lowest BCUT2D eigenvalue weighted by molar-refractivity contribution is -0.160. The molecule has 3 heterocycles. The molecule has 0 saturated heterocycles. The first-order valence-corrected chi connectivity index (χ1v) is 25.8. The highest BCUT2D eigenvalue weighted by Gasteiger charge is 2.43. The van der Waals surface area contributed by atoms with Crippen LogP contribution in [-0.2, 0) is 39.8 Å². The summed E-state index contributed by atoms with van der Waals surface area (Å²) in [6.07, 6.45) is 6.01. The zero-order valence-corrected chi connectivity index (χ0v) is 34.6. The molecule has 0 unspecified atom stereocenters. The minimum Gasteiger partial charge on any atom is -0.390 e. The molecular formula is C37H61N5O8Si2. The third-order valence-electron chi connectivity index (χ3n) is 9.40. The standard InChI is InChI=1S/C37H61N5O8Si2/c1-45-15-16-50-37(34(44)25-49-28-46-2)13-11-29(12-14-37)33-21-35(41(26-47-17-19-51(3,4)5)27-48-18-20-52(6,7)8)42-36(40-33)32(23-39-42)30-9-10-31(24-43)38-22-30/h9-10,21-23,29,43H,11-20,24-28H2,1-8H3. The number of carbonyl (C=O) groups excluding carboxylic acids is 1. The fraction of sp³-hybridized carbons (Fsp3) is 0.676. The van der Waals surface area contributed by atoms with Crippen LogP contribution in [0.25, 0.3) is 16.8 Å². The number of fused-ring (bicyclic) bond motifs is 1. The molecule has 0 amide bonds. The average molecular weight is 760 g/mol. The van der Waals surface area contributed by atoms with E-state index in [2.05, 4.69) is 55.2 Å². The zero-order valence-electron chi connectivity index (χ0n) is 32.6. The quantitative estimate of drug-likeness (QED) is 0.0693. The molecule has 0 atom stereocenters. The number of aromatic nitrogens is 4. The summed E-state index contributed by atoms with van der Waals surface area (Å²) in [7, 11) is 0.569. The third kappa shape index (κ3) is 12.2. The topological polar surface area (TPSA) is 139 Å². The minimum atomic E-state index is -1.29. The Bertz CT molecular complexity index is 1510. The fourth-order valence-electron chi connectivity index (χ4n) is 6.11. The Hall–Kier alpha value is -2.61. The molecule has 15 heteroatoms. The smallest absolute Gasteiger partial charge is 0.190 e. The maximum absolute atomic E-state index is 13.5. The highest BCUT2D eigenvalue weighted by Crippen LogP contribution is 2.41. The van der Waals surface area contributed by atoms with E-state index in [1.807, 2.05) is 22.8 Å². The molecule has 3 aromatic rings. The SMILES string of the molecule is COCCOC1(C(=O)COCOC)CCC(c2cc(N(COCC[Si](C)(C)C)COCC[Si](C)(C)C)n3ncc(-c4ccc(CO)nc4)c3n2)CC1. The van der Waals surface area contributed by atoms with E-state index in [0.29, 0.717) is 76.9 Å². The van der Waals surface area contributed by atoms with Crippen LogP contribution in [0.1, 0.15) is 43.0 Å². The Morgan fingerprint density at radius 2 is 1.60 bits per heavy atom. The van der Waals surface area contributed by atoms with Gasteiger partial charge in [0, 0.05) is 78.6 Å². The van der Waals surface area contributed by atoms with Crippen molar-refractivity contribution >= 4 is 33.4 Å². The molecule has 0 bridgehead atoms. The van der Waals surface area contributed by atoms with E-state index in [1.165, 1.54) is 7.11 Å². The summed E-state index contributed by atoms with van der Waals surface area (Å²) < 4.78 is 36.5. The van der Waals surface area contributed by atoms with Gasteiger partial charge in [0.2, 0.25) is 0 Å². The molecule has 0 aliphatic heterocycles. The van der Waals surface area contributed by atoms with Gasteiger partial charge in [0.1, 0.15) is 38.3 Å². The number of ketones is 1. The van der Waals surface area contributed by atoms with Crippen molar-refractivity contribution in [2.24, 2.45) is 0 Å². The largest absolute Gasteiger partial charge is 0.390 e. The molecule has 0 spiro atoms. The van der Waals surface area contributed by atoms with Crippen molar-refractivity contribution in [1.82, 2.24) is 19.6 Å². The van der Waals surface area contributed by atoms with Gasteiger partial charge in [-0.05, 0) is 43.8 Å². The van der Waals surface area contributed by atoms with E-state index in [-0.39, 0.29) is 31.7 Å². The molecule has 290 valence electrons. The number of hydrogen-bond donors (Lipinski definition) is 1. The van der Waals surface area contributed by atoms with Gasteiger partial charge in [-0.25, -0.2) is 4.98 Å². The molecular weight excluding hydrogens is 699 g/mol. The normalized spacial score (nSPS) is 18.3. The number of ether oxygens (including phenoxy) is 6. The third-order valence-corrected chi connectivity index (χ3v) is 12.8. The first-order chi connectivity index (χ1) is 24.8. The lowest BCUT2D eigenvalue weighted by atomic mass is 9.75. The molecule has 1 aliphatic rings. The van der Waals surface area contributed by atoms with Crippen molar-refractivity contribution in [3.8, 4) is 11.1 Å². The molecule has 1 aliphatic carbocycles. The number of pyridine rings is 1. The number of methoxy groups -OCH3 is 2. The lowest BCUT2D eigenvalue weighted by Crippen LogP contribution is -2.47. The molecule has 4 rings (SSSR count). The van der Waals surface area contributed by atoms with Crippen LogP contribution in [-0.4, -0.2) is 120 Å². The fourth-order valence-corrected chi connectivity index (χ4v) is 7.62. The molecule has 52 heavy (non-hydrogen) atoms. The van der Waals surface area contributed by atoms with Crippen molar-refractivity contribution < 1.29 is 38.3 Å². The Kier molecular flexibility index (Phi) is 15.9. The second kappa shape index (κ2) is 19.6. The first-order valence-electron chi connectivity index (χ1n) is 18.4. The Morgan fingerprint density at radius 3 is 2.15 bits per heavy atom. The van der Waals surface area contributed by atoms with Gasteiger partial charge in [0.05, 0.1) is 31.7 Å². The molecule has 0 aromatic carbocycles. The molecule has 3 aromatic heterocycles. The molecule has 13 nitrogen and oxygen atoms in total. The number of nitrogens with zero attached hydrogens (tertiary/aromatic N) is 5. The summed E-state index contributed by atoms with van der Waals surface area (Å²) in [5.41, 5.74) is 2.91. The van der Waals surface area contributed by atoms with Gasteiger partial charge in [-0.1, -0.05) is 45.3 Å². The predicted molar refractivity (Wildman–Crippen MR) is 207 cm³/mol. The van der Waals surface area contributed by atoms with Gasteiger partial charge in [-0.3, -0.25) is 9.78 Å². The van der Waals surface area contributed by atoms with Crippen molar-refractivity contribution in [2.45, 2.75) is 95.2 Å². The maximum atomic E-state index is 13.5. The van der Waals surface area contributed by atoms with Crippen LogP contribution in [0.4, 0.5) is 5.82 Å². The number of hydrogen-bond acceptors (Lipinski definition) is 12.